The molecule has 1 amide bonds. The summed E-state index contributed by atoms with van der Waals surface area (Å²) in [6, 6.07) is 4.13. The molecule has 0 aliphatic heterocycles. The van der Waals surface area contributed by atoms with Crippen molar-refractivity contribution in [2.45, 2.75) is 32.2 Å². The normalized spacial score (nSPS) is 13.1. The van der Waals surface area contributed by atoms with Crippen LogP contribution in [0, 0.1) is 5.82 Å². The van der Waals surface area contributed by atoms with Crippen LogP contribution in [0.15, 0.2) is 18.2 Å². The monoisotopic (exact) mass is 290 g/mol. The Morgan fingerprint density at radius 3 is 2.68 bits per heavy atom. The van der Waals surface area contributed by atoms with Gasteiger partial charge in [-0.2, -0.15) is 0 Å². The molecule has 0 radical (unpaired) electrons. The van der Waals surface area contributed by atoms with E-state index in [1.54, 1.807) is 6.92 Å². The van der Waals surface area contributed by atoms with Gasteiger partial charge in [-0.05, 0) is 25.5 Å². The second-order valence-electron chi connectivity index (χ2n) is 4.47. The maximum absolute atomic E-state index is 13.2. The zero-order valence-electron chi connectivity index (χ0n) is 11.3. The quantitative estimate of drug-likeness (QED) is 0.876. The molecular formula is C13H20ClFN2O2. The van der Waals surface area contributed by atoms with Crippen molar-refractivity contribution < 1.29 is 13.9 Å². The molecule has 1 atom stereocenters. The molecule has 1 aromatic carbocycles. The van der Waals surface area contributed by atoms with Gasteiger partial charge in [0.15, 0.2) is 11.6 Å². The smallest absolute Gasteiger partial charge is 0.244 e. The standard InChI is InChI=1S/C13H19FN2O2.ClH/c1-4-7-13(2,15)12(17)16-9-5-6-10(14)11(8-9)18-3;/h5-6,8H,4,7,15H2,1-3H3,(H,16,17);1H. The van der Waals surface area contributed by atoms with Crippen LogP contribution in [0.2, 0.25) is 0 Å². The SMILES string of the molecule is CCCC(C)(N)C(=O)Nc1ccc(F)c(OC)c1.Cl. The van der Waals surface area contributed by atoms with Gasteiger partial charge in [0.05, 0.1) is 12.6 Å². The number of ether oxygens (including phenoxy) is 1. The van der Waals surface area contributed by atoms with Gasteiger partial charge in [0.1, 0.15) is 0 Å². The minimum Gasteiger partial charge on any atom is -0.494 e. The highest BCUT2D eigenvalue weighted by Gasteiger charge is 2.27. The van der Waals surface area contributed by atoms with Gasteiger partial charge in [-0.15, -0.1) is 12.4 Å². The Balaban J connectivity index is 0.00000324. The lowest BCUT2D eigenvalue weighted by Crippen LogP contribution is -2.48. The number of carbonyl (C=O) groups is 1. The molecule has 0 heterocycles. The average Bonchev–Trinajstić information content (AvgIpc) is 2.31. The highest BCUT2D eigenvalue weighted by Crippen LogP contribution is 2.22. The molecule has 19 heavy (non-hydrogen) atoms. The van der Waals surface area contributed by atoms with E-state index in [4.69, 9.17) is 10.5 Å². The Labute approximate surface area is 118 Å². The molecule has 0 aliphatic carbocycles. The summed E-state index contributed by atoms with van der Waals surface area (Å²) in [4.78, 5) is 11.9. The molecule has 0 aromatic heterocycles. The van der Waals surface area contributed by atoms with Crippen molar-refractivity contribution in [3.8, 4) is 5.75 Å². The highest BCUT2D eigenvalue weighted by molar-refractivity contribution is 5.97. The number of methoxy groups -OCH3 is 1. The van der Waals surface area contributed by atoms with Gasteiger partial charge < -0.3 is 15.8 Å². The molecule has 0 saturated heterocycles. The number of amides is 1. The summed E-state index contributed by atoms with van der Waals surface area (Å²) in [7, 11) is 1.37. The van der Waals surface area contributed by atoms with Crippen molar-refractivity contribution in [3.05, 3.63) is 24.0 Å². The fourth-order valence-electron chi connectivity index (χ4n) is 1.64. The molecule has 0 bridgehead atoms. The molecule has 1 unspecified atom stereocenters. The third kappa shape index (κ3) is 4.69. The third-order valence-corrected chi connectivity index (χ3v) is 2.70. The van der Waals surface area contributed by atoms with Gasteiger partial charge >= 0.3 is 0 Å². The molecular weight excluding hydrogens is 271 g/mol. The molecule has 0 fully saturated rings. The molecule has 0 aliphatic rings. The highest BCUT2D eigenvalue weighted by atomic mass is 35.5. The van der Waals surface area contributed by atoms with E-state index in [0.29, 0.717) is 12.1 Å². The summed E-state index contributed by atoms with van der Waals surface area (Å²) in [5, 5.41) is 2.66. The number of rotatable bonds is 5. The Kier molecular flexibility index (Phi) is 6.79. The first-order valence-corrected chi connectivity index (χ1v) is 5.84. The molecule has 3 N–H and O–H groups in total. The van der Waals surface area contributed by atoms with Crippen LogP contribution in [-0.4, -0.2) is 18.6 Å². The molecule has 0 saturated carbocycles. The number of halogens is 2. The summed E-state index contributed by atoms with van der Waals surface area (Å²) < 4.78 is 18.0. The van der Waals surface area contributed by atoms with Crippen LogP contribution < -0.4 is 15.8 Å². The molecule has 4 nitrogen and oxygen atoms in total. The number of hydrogen-bond donors (Lipinski definition) is 2. The molecule has 1 aromatic rings. The predicted molar refractivity (Wildman–Crippen MR) is 76.3 cm³/mol. The summed E-state index contributed by atoms with van der Waals surface area (Å²) in [6.07, 6.45) is 1.39. The molecule has 1 rings (SSSR count). The van der Waals surface area contributed by atoms with E-state index < -0.39 is 11.4 Å². The van der Waals surface area contributed by atoms with Crippen LogP contribution in [-0.2, 0) is 4.79 Å². The fourth-order valence-corrected chi connectivity index (χ4v) is 1.64. The number of anilines is 1. The van der Waals surface area contributed by atoms with Crippen molar-refractivity contribution >= 4 is 24.0 Å². The largest absolute Gasteiger partial charge is 0.494 e. The topological polar surface area (TPSA) is 64.4 Å². The van der Waals surface area contributed by atoms with Gasteiger partial charge in [0, 0.05) is 11.8 Å². The van der Waals surface area contributed by atoms with Crippen molar-refractivity contribution in [2.24, 2.45) is 5.73 Å². The minimum absolute atomic E-state index is 0. The Morgan fingerprint density at radius 2 is 2.16 bits per heavy atom. The van der Waals surface area contributed by atoms with Crippen LogP contribution in [0.3, 0.4) is 0 Å². The van der Waals surface area contributed by atoms with Gasteiger partial charge in [0.25, 0.3) is 0 Å². The maximum Gasteiger partial charge on any atom is 0.244 e. The van der Waals surface area contributed by atoms with E-state index in [1.807, 2.05) is 6.92 Å². The summed E-state index contributed by atoms with van der Waals surface area (Å²) in [6.45, 7) is 3.63. The fraction of sp³-hybridized carbons (Fsp3) is 0.462. The number of nitrogens with one attached hydrogen (secondary N) is 1. The van der Waals surface area contributed by atoms with Crippen LogP contribution in [0.25, 0.3) is 0 Å². The average molecular weight is 291 g/mol. The van der Waals surface area contributed by atoms with Crippen LogP contribution in [0.5, 0.6) is 5.75 Å². The van der Waals surface area contributed by atoms with Gasteiger partial charge in [-0.3, -0.25) is 4.79 Å². The maximum atomic E-state index is 13.2. The minimum atomic E-state index is -0.934. The van der Waals surface area contributed by atoms with Gasteiger partial charge in [0.2, 0.25) is 5.91 Å². The molecule has 6 heteroatoms. The van der Waals surface area contributed by atoms with Gasteiger partial charge in [-0.25, -0.2) is 4.39 Å². The van der Waals surface area contributed by atoms with Crippen LogP contribution >= 0.6 is 12.4 Å². The van der Waals surface area contributed by atoms with E-state index >= 15 is 0 Å². The Hall–Kier alpha value is -1.33. The zero-order valence-corrected chi connectivity index (χ0v) is 12.1. The second kappa shape index (κ2) is 7.31. The summed E-state index contributed by atoms with van der Waals surface area (Å²) in [5.41, 5.74) is 5.43. The first kappa shape index (κ1) is 17.7. The predicted octanol–water partition coefficient (Wildman–Crippen LogP) is 2.71. The zero-order chi connectivity index (χ0) is 13.8. The Morgan fingerprint density at radius 1 is 1.53 bits per heavy atom. The van der Waals surface area contributed by atoms with Crippen molar-refractivity contribution in [2.75, 3.05) is 12.4 Å². The van der Waals surface area contributed by atoms with Gasteiger partial charge in [-0.1, -0.05) is 13.3 Å². The van der Waals surface area contributed by atoms with E-state index in [1.165, 1.54) is 25.3 Å². The first-order valence-electron chi connectivity index (χ1n) is 5.84. The number of benzene rings is 1. The lowest BCUT2D eigenvalue weighted by molar-refractivity contribution is -0.120. The van der Waals surface area contributed by atoms with E-state index in [-0.39, 0.29) is 24.1 Å². The molecule has 108 valence electrons. The lowest BCUT2D eigenvalue weighted by Gasteiger charge is -2.22. The third-order valence-electron chi connectivity index (χ3n) is 2.70. The van der Waals surface area contributed by atoms with Crippen LogP contribution in [0.1, 0.15) is 26.7 Å². The van der Waals surface area contributed by atoms with Crippen LogP contribution in [0.4, 0.5) is 10.1 Å². The second-order valence-corrected chi connectivity index (χ2v) is 4.47. The number of carbonyl (C=O) groups excluding carboxylic acids is 1. The summed E-state index contributed by atoms with van der Waals surface area (Å²) in [5.74, 6) is -0.681. The summed E-state index contributed by atoms with van der Waals surface area (Å²) >= 11 is 0. The van der Waals surface area contributed by atoms with Crippen molar-refractivity contribution in [3.63, 3.8) is 0 Å². The first-order chi connectivity index (χ1) is 8.40. The van der Waals surface area contributed by atoms with E-state index in [2.05, 4.69) is 5.32 Å². The lowest BCUT2D eigenvalue weighted by atomic mass is 9.96. The van der Waals surface area contributed by atoms with E-state index in [9.17, 15) is 9.18 Å². The number of hydrogen-bond acceptors (Lipinski definition) is 3. The number of nitrogens with two attached hydrogens (primary N) is 1. The Bertz CT molecular complexity index is 439. The molecule has 0 spiro atoms. The van der Waals surface area contributed by atoms with E-state index in [0.717, 1.165) is 6.42 Å². The van der Waals surface area contributed by atoms with Crippen molar-refractivity contribution in [1.82, 2.24) is 0 Å². The van der Waals surface area contributed by atoms with Crippen molar-refractivity contribution in [1.29, 1.82) is 0 Å².